The number of sulfone groups is 1. The van der Waals surface area contributed by atoms with Gasteiger partial charge in [0.2, 0.25) is 0 Å². The maximum atomic E-state index is 13.5. The van der Waals surface area contributed by atoms with Gasteiger partial charge in [0, 0.05) is 18.2 Å². The summed E-state index contributed by atoms with van der Waals surface area (Å²) in [6, 6.07) is 12.3. The number of benzene rings is 2. The maximum Gasteiger partial charge on any atom is 0.435 e. The molecule has 0 unspecified atom stereocenters. The Balaban J connectivity index is 2.10. The second-order valence-corrected chi connectivity index (χ2v) is 8.63. The summed E-state index contributed by atoms with van der Waals surface area (Å²) in [6.45, 7) is 1.91. The predicted octanol–water partition coefficient (Wildman–Crippen LogP) is 4.49. The first-order valence-corrected chi connectivity index (χ1v) is 10.3. The number of halogens is 3. The number of methoxy groups -OCH3 is 1. The van der Waals surface area contributed by atoms with Crippen LogP contribution in [0.4, 0.5) is 13.2 Å². The van der Waals surface area contributed by atoms with Gasteiger partial charge in [-0.25, -0.2) is 8.42 Å². The van der Waals surface area contributed by atoms with E-state index >= 15 is 0 Å². The second-order valence-electron chi connectivity index (χ2n) is 6.52. The lowest BCUT2D eigenvalue weighted by atomic mass is 9.98. The number of nitrogens with one attached hydrogen (secondary N) is 1. The van der Waals surface area contributed by atoms with Crippen molar-refractivity contribution in [3.63, 3.8) is 0 Å². The van der Waals surface area contributed by atoms with Crippen molar-refractivity contribution >= 4 is 9.84 Å². The summed E-state index contributed by atoms with van der Waals surface area (Å²) in [5.41, 5.74) is 0.770. The first-order chi connectivity index (χ1) is 13.6. The van der Waals surface area contributed by atoms with Gasteiger partial charge in [-0.05, 0) is 24.6 Å². The van der Waals surface area contributed by atoms with E-state index in [1.807, 2.05) is 6.92 Å². The molecule has 0 aliphatic rings. The smallest absolute Gasteiger partial charge is 0.384 e. The van der Waals surface area contributed by atoms with Gasteiger partial charge in [0.25, 0.3) is 0 Å². The highest BCUT2D eigenvalue weighted by Crippen LogP contribution is 2.41. The van der Waals surface area contributed by atoms with E-state index in [2.05, 4.69) is 10.2 Å². The van der Waals surface area contributed by atoms with Crippen LogP contribution in [0, 0.1) is 6.92 Å². The average Bonchev–Trinajstić information content (AvgIpc) is 3.13. The molecule has 1 aromatic heterocycles. The Morgan fingerprint density at radius 1 is 1.00 bits per heavy atom. The molecule has 0 spiro atoms. The van der Waals surface area contributed by atoms with E-state index in [4.69, 9.17) is 4.74 Å². The number of H-pyrrole nitrogens is 1. The summed E-state index contributed by atoms with van der Waals surface area (Å²) in [5, 5.41) is 5.97. The van der Waals surface area contributed by atoms with Crippen LogP contribution in [0.2, 0.25) is 0 Å². The van der Waals surface area contributed by atoms with Crippen molar-refractivity contribution in [3.8, 4) is 22.4 Å². The number of aryl methyl sites for hydroxylation is 1. The van der Waals surface area contributed by atoms with Crippen LogP contribution in [-0.2, 0) is 20.8 Å². The quantitative estimate of drug-likeness (QED) is 0.633. The largest absolute Gasteiger partial charge is 0.435 e. The molecule has 0 atom stereocenters. The molecule has 29 heavy (non-hydrogen) atoms. The molecule has 0 saturated heterocycles. The first kappa shape index (κ1) is 21.1. The third-order valence-corrected chi connectivity index (χ3v) is 6.13. The van der Waals surface area contributed by atoms with Gasteiger partial charge in [0.15, 0.2) is 15.5 Å². The minimum atomic E-state index is -4.67. The molecular weight excluding hydrogens is 405 g/mol. The van der Waals surface area contributed by atoms with Gasteiger partial charge in [0.05, 0.1) is 22.9 Å². The molecule has 1 N–H and O–H groups in total. The van der Waals surface area contributed by atoms with Crippen molar-refractivity contribution in [2.45, 2.75) is 18.0 Å². The third kappa shape index (κ3) is 4.51. The third-order valence-electron chi connectivity index (χ3n) is 4.43. The van der Waals surface area contributed by atoms with Crippen molar-refractivity contribution in [2.75, 3.05) is 19.5 Å². The lowest BCUT2D eigenvalue weighted by molar-refractivity contribution is -0.140. The van der Waals surface area contributed by atoms with Gasteiger partial charge in [-0.3, -0.25) is 5.10 Å². The van der Waals surface area contributed by atoms with Gasteiger partial charge in [-0.2, -0.15) is 18.3 Å². The molecular formula is C20H19F3N2O3S. The minimum absolute atomic E-state index is 0.0206. The van der Waals surface area contributed by atoms with Crippen LogP contribution in [0.15, 0.2) is 53.4 Å². The van der Waals surface area contributed by atoms with Crippen LogP contribution in [0.3, 0.4) is 0 Å². The molecule has 0 saturated carbocycles. The number of aromatic amines is 1. The summed E-state index contributed by atoms with van der Waals surface area (Å²) in [7, 11) is -2.19. The van der Waals surface area contributed by atoms with Crippen molar-refractivity contribution in [3.05, 3.63) is 59.8 Å². The zero-order chi connectivity index (χ0) is 21.2. The lowest BCUT2D eigenvalue weighted by Crippen LogP contribution is -2.11. The minimum Gasteiger partial charge on any atom is -0.384 e. The molecule has 1 heterocycles. The Bertz CT molecular complexity index is 1090. The van der Waals surface area contributed by atoms with Crippen LogP contribution in [0.25, 0.3) is 22.4 Å². The summed E-state index contributed by atoms with van der Waals surface area (Å²) in [4.78, 5) is 0.0206. The van der Waals surface area contributed by atoms with Gasteiger partial charge in [-0.15, -0.1) is 0 Å². The van der Waals surface area contributed by atoms with Crippen LogP contribution in [0.5, 0.6) is 0 Å². The predicted molar refractivity (Wildman–Crippen MR) is 103 cm³/mol. The van der Waals surface area contributed by atoms with E-state index in [-0.39, 0.29) is 34.1 Å². The van der Waals surface area contributed by atoms with Crippen molar-refractivity contribution in [2.24, 2.45) is 0 Å². The summed E-state index contributed by atoms with van der Waals surface area (Å²) in [5.74, 6) is -0.211. The van der Waals surface area contributed by atoms with Gasteiger partial charge in [0.1, 0.15) is 0 Å². The summed E-state index contributed by atoms with van der Waals surface area (Å²) in [6.07, 6.45) is -4.67. The molecule has 2 aromatic carbocycles. The number of rotatable bonds is 6. The second kappa shape index (κ2) is 8.00. The topological polar surface area (TPSA) is 72.1 Å². The highest BCUT2D eigenvalue weighted by molar-refractivity contribution is 7.91. The number of hydrogen-bond acceptors (Lipinski definition) is 4. The lowest BCUT2D eigenvalue weighted by Gasteiger charge is -2.10. The Hall–Kier alpha value is -2.65. The maximum absolute atomic E-state index is 13.5. The Morgan fingerprint density at radius 3 is 2.14 bits per heavy atom. The molecule has 0 amide bonds. The normalized spacial score (nSPS) is 12.3. The Morgan fingerprint density at radius 2 is 1.59 bits per heavy atom. The van der Waals surface area contributed by atoms with Gasteiger partial charge < -0.3 is 4.74 Å². The number of aromatic nitrogens is 2. The molecule has 5 nitrogen and oxygen atoms in total. The Labute approximate surface area is 166 Å². The molecule has 154 valence electrons. The molecule has 0 fully saturated rings. The fraction of sp³-hybridized carbons (Fsp3) is 0.250. The number of nitrogens with zero attached hydrogens (tertiary/aromatic N) is 1. The van der Waals surface area contributed by atoms with E-state index < -0.39 is 21.7 Å². The van der Waals surface area contributed by atoms with Crippen molar-refractivity contribution in [1.82, 2.24) is 10.2 Å². The zero-order valence-electron chi connectivity index (χ0n) is 15.7. The summed E-state index contributed by atoms with van der Waals surface area (Å²) >= 11 is 0. The number of ether oxygens (including phenoxy) is 1. The van der Waals surface area contributed by atoms with Crippen LogP contribution >= 0.6 is 0 Å². The molecule has 3 rings (SSSR count). The number of hydrogen-bond donors (Lipinski definition) is 1. The Kier molecular flexibility index (Phi) is 5.81. The van der Waals surface area contributed by atoms with E-state index in [1.165, 1.54) is 31.4 Å². The average molecular weight is 424 g/mol. The van der Waals surface area contributed by atoms with Crippen LogP contribution in [0.1, 0.15) is 11.3 Å². The SMILES string of the molecule is COCCS(=O)(=O)c1ccc(-c2c(C(F)(F)F)n[nH]c2-c2ccc(C)cc2)cc1. The van der Waals surface area contributed by atoms with Crippen LogP contribution in [-0.4, -0.2) is 38.1 Å². The molecule has 0 bridgehead atoms. The van der Waals surface area contributed by atoms with E-state index in [0.717, 1.165) is 5.56 Å². The molecule has 0 radical (unpaired) electrons. The van der Waals surface area contributed by atoms with Crippen molar-refractivity contribution in [1.29, 1.82) is 0 Å². The van der Waals surface area contributed by atoms with E-state index in [9.17, 15) is 21.6 Å². The molecule has 9 heteroatoms. The van der Waals surface area contributed by atoms with Gasteiger partial charge >= 0.3 is 6.18 Å². The summed E-state index contributed by atoms with van der Waals surface area (Å²) < 4.78 is 69.9. The monoisotopic (exact) mass is 424 g/mol. The van der Waals surface area contributed by atoms with Crippen molar-refractivity contribution < 1.29 is 26.3 Å². The van der Waals surface area contributed by atoms with Crippen LogP contribution < -0.4 is 0 Å². The number of alkyl halides is 3. The molecule has 0 aliphatic heterocycles. The van der Waals surface area contributed by atoms with E-state index in [1.54, 1.807) is 24.3 Å². The molecule has 0 aliphatic carbocycles. The first-order valence-electron chi connectivity index (χ1n) is 8.68. The molecule has 3 aromatic rings. The zero-order valence-corrected chi connectivity index (χ0v) is 16.6. The highest BCUT2D eigenvalue weighted by atomic mass is 32.2. The fourth-order valence-electron chi connectivity index (χ4n) is 2.90. The standard InChI is InChI=1S/C20H19F3N2O3S/c1-13-3-5-15(6-4-13)18-17(19(25-24-18)20(21,22)23)14-7-9-16(10-8-14)29(26,27)12-11-28-2/h3-10H,11-12H2,1-2H3,(H,24,25). The van der Waals surface area contributed by atoms with Gasteiger partial charge in [-0.1, -0.05) is 42.0 Å². The fourth-order valence-corrected chi connectivity index (χ4v) is 4.07. The highest BCUT2D eigenvalue weighted by Gasteiger charge is 2.38. The van der Waals surface area contributed by atoms with E-state index in [0.29, 0.717) is 5.56 Å².